The SMILES string of the molecule is O=S(=O)([O-])C1CCC(C(F)(F)F)CC1. The van der Waals surface area contributed by atoms with Crippen LogP contribution in [-0.4, -0.2) is 24.4 Å². The minimum absolute atomic E-state index is 0.171. The summed E-state index contributed by atoms with van der Waals surface area (Å²) in [5, 5.41) is -1.12. The lowest BCUT2D eigenvalue weighted by atomic mass is 9.88. The van der Waals surface area contributed by atoms with Gasteiger partial charge in [-0.05, 0) is 25.7 Å². The first-order chi connectivity index (χ1) is 6.21. The Kier molecular flexibility index (Phi) is 3.10. The molecule has 1 aliphatic rings. The monoisotopic (exact) mass is 231 g/mol. The van der Waals surface area contributed by atoms with Crippen molar-refractivity contribution < 1.29 is 26.1 Å². The zero-order chi connectivity index (χ0) is 11.0. The van der Waals surface area contributed by atoms with Crippen molar-refractivity contribution in [1.29, 1.82) is 0 Å². The highest BCUT2D eigenvalue weighted by atomic mass is 32.2. The molecule has 0 bridgehead atoms. The van der Waals surface area contributed by atoms with Crippen LogP contribution >= 0.6 is 0 Å². The van der Waals surface area contributed by atoms with Crippen LogP contribution in [-0.2, 0) is 10.1 Å². The maximum Gasteiger partial charge on any atom is 0.391 e. The van der Waals surface area contributed by atoms with Crippen LogP contribution in [0.3, 0.4) is 0 Å². The Morgan fingerprint density at radius 1 is 1.07 bits per heavy atom. The summed E-state index contributed by atoms with van der Waals surface area (Å²) < 4.78 is 67.9. The lowest BCUT2D eigenvalue weighted by Crippen LogP contribution is -2.33. The molecule has 0 aromatic carbocycles. The number of rotatable bonds is 1. The van der Waals surface area contributed by atoms with Crippen LogP contribution in [0.4, 0.5) is 13.2 Å². The van der Waals surface area contributed by atoms with Gasteiger partial charge < -0.3 is 4.55 Å². The molecule has 14 heavy (non-hydrogen) atoms. The fourth-order valence-electron chi connectivity index (χ4n) is 1.68. The Balaban J connectivity index is 2.56. The van der Waals surface area contributed by atoms with Crippen molar-refractivity contribution in [2.24, 2.45) is 5.92 Å². The average Bonchev–Trinajstić information content (AvgIpc) is 2.01. The molecule has 0 N–H and O–H groups in total. The van der Waals surface area contributed by atoms with Crippen molar-refractivity contribution in [3.05, 3.63) is 0 Å². The van der Waals surface area contributed by atoms with Crippen molar-refractivity contribution in [3.8, 4) is 0 Å². The fraction of sp³-hybridized carbons (Fsp3) is 1.00. The molecule has 0 aromatic heterocycles. The predicted molar refractivity (Wildman–Crippen MR) is 41.5 cm³/mol. The molecular formula is C7H10F3O3S-. The van der Waals surface area contributed by atoms with Gasteiger partial charge in [-0.15, -0.1) is 0 Å². The van der Waals surface area contributed by atoms with Crippen LogP contribution in [0.15, 0.2) is 0 Å². The predicted octanol–water partition coefficient (Wildman–Crippen LogP) is 1.65. The highest BCUT2D eigenvalue weighted by Crippen LogP contribution is 2.38. The van der Waals surface area contributed by atoms with Crippen LogP contribution in [0, 0.1) is 5.92 Å². The minimum atomic E-state index is -4.41. The van der Waals surface area contributed by atoms with Crippen LogP contribution in [0.5, 0.6) is 0 Å². The van der Waals surface area contributed by atoms with Gasteiger partial charge >= 0.3 is 6.18 Å². The second-order valence-corrected chi connectivity index (χ2v) is 5.16. The van der Waals surface area contributed by atoms with Crippen molar-refractivity contribution >= 4 is 10.1 Å². The van der Waals surface area contributed by atoms with Gasteiger partial charge in [0.15, 0.2) is 0 Å². The molecule has 3 nitrogen and oxygen atoms in total. The Morgan fingerprint density at radius 3 is 1.79 bits per heavy atom. The zero-order valence-corrected chi connectivity index (χ0v) is 8.07. The molecule has 0 heterocycles. The third kappa shape index (κ3) is 2.84. The maximum atomic E-state index is 12.1. The summed E-state index contributed by atoms with van der Waals surface area (Å²) in [5.74, 6) is -1.44. The first-order valence-electron chi connectivity index (χ1n) is 4.22. The summed E-state index contributed by atoms with van der Waals surface area (Å²) in [6.45, 7) is 0. The van der Waals surface area contributed by atoms with E-state index in [1.54, 1.807) is 0 Å². The summed E-state index contributed by atoms with van der Waals surface area (Å²) in [4.78, 5) is 0. The standard InChI is InChI=1S/C7H11F3O3S/c8-7(9,10)5-1-3-6(4-2-5)14(11,12)13/h5-6H,1-4H2,(H,11,12,13)/p-1. The molecule has 1 rings (SSSR count). The van der Waals surface area contributed by atoms with Gasteiger partial charge in [-0.25, -0.2) is 8.42 Å². The molecule has 84 valence electrons. The van der Waals surface area contributed by atoms with E-state index in [4.69, 9.17) is 0 Å². The summed E-state index contributed by atoms with van der Waals surface area (Å²) in [6.07, 6.45) is -5.12. The van der Waals surface area contributed by atoms with E-state index in [0.29, 0.717) is 0 Å². The number of halogens is 3. The second-order valence-electron chi connectivity index (χ2n) is 3.51. The van der Waals surface area contributed by atoms with Crippen molar-refractivity contribution in [1.82, 2.24) is 0 Å². The number of alkyl halides is 3. The quantitative estimate of drug-likeness (QED) is 0.645. The molecule has 1 saturated carbocycles. The number of hydrogen-bond donors (Lipinski definition) is 0. The molecule has 0 radical (unpaired) electrons. The minimum Gasteiger partial charge on any atom is -0.748 e. The van der Waals surface area contributed by atoms with E-state index in [9.17, 15) is 26.1 Å². The van der Waals surface area contributed by atoms with E-state index in [2.05, 4.69) is 0 Å². The van der Waals surface area contributed by atoms with E-state index in [0.717, 1.165) is 0 Å². The zero-order valence-electron chi connectivity index (χ0n) is 7.25. The highest BCUT2D eigenvalue weighted by Gasteiger charge is 2.42. The Labute approximate surface area is 80.0 Å². The van der Waals surface area contributed by atoms with Crippen molar-refractivity contribution in [3.63, 3.8) is 0 Å². The smallest absolute Gasteiger partial charge is 0.391 e. The van der Waals surface area contributed by atoms with Gasteiger partial charge in [-0.2, -0.15) is 13.2 Å². The summed E-state index contributed by atoms with van der Waals surface area (Å²) in [5.41, 5.74) is 0. The van der Waals surface area contributed by atoms with Crippen molar-refractivity contribution in [2.45, 2.75) is 37.1 Å². The molecule has 0 aromatic rings. The maximum absolute atomic E-state index is 12.1. The van der Waals surface area contributed by atoms with Crippen LogP contribution in [0.1, 0.15) is 25.7 Å². The van der Waals surface area contributed by atoms with E-state index in [-0.39, 0.29) is 25.7 Å². The fourth-order valence-corrected chi connectivity index (χ4v) is 2.53. The molecule has 0 atom stereocenters. The lowest BCUT2D eigenvalue weighted by molar-refractivity contribution is -0.181. The molecule has 7 heteroatoms. The van der Waals surface area contributed by atoms with Gasteiger partial charge in [0.05, 0.1) is 16.0 Å². The molecule has 0 aliphatic heterocycles. The van der Waals surface area contributed by atoms with E-state index < -0.39 is 27.5 Å². The van der Waals surface area contributed by atoms with Gasteiger partial charge in [0.1, 0.15) is 0 Å². The Morgan fingerprint density at radius 2 is 1.50 bits per heavy atom. The summed E-state index contributed by atoms with van der Waals surface area (Å²) >= 11 is 0. The highest BCUT2D eigenvalue weighted by molar-refractivity contribution is 7.86. The largest absolute Gasteiger partial charge is 0.748 e. The molecule has 0 amide bonds. The third-order valence-electron chi connectivity index (χ3n) is 2.55. The van der Waals surface area contributed by atoms with Gasteiger partial charge in [0.25, 0.3) is 0 Å². The Bertz CT molecular complexity index is 288. The summed E-state index contributed by atoms with van der Waals surface area (Å²) in [6, 6.07) is 0. The van der Waals surface area contributed by atoms with Gasteiger partial charge in [-0.3, -0.25) is 0 Å². The van der Waals surface area contributed by atoms with Gasteiger partial charge in [0, 0.05) is 5.25 Å². The van der Waals surface area contributed by atoms with Crippen molar-refractivity contribution in [2.75, 3.05) is 0 Å². The third-order valence-corrected chi connectivity index (χ3v) is 3.83. The molecule has 1 aliphatic carbocycles. The van der Waals surface area contributed by atoms with Gasteiger partial charge in [0.2, 0.25) is 0 Å². The van der Waals surface area contributed by atoms with E-state index in [1.807, 2.05) is 0 Å². The number of hydrogen-bond acceptors (Lipinski definition) is 3. The normalized spacial score (nSPS) is 30.3. The molecule has 1 fully saturated rings. The lowest BCUT2D eigenvalue weighted by Gasteiger charge is -2.30. The summed E-state index contributed by atoms with van der Waals surface area (Å²) in [7, 11) is -4.41. The topological polar surface area (TPSA) is 57.2 Å². The molecule has 0 spiro atoms. The Hall–Kier alpha value is -0.300. The molecule has 0 saturated heterocycles. The van der Waals surface area contributed by atoms with Crippen LogP contribution in [0.25, 0.3) is 0 Å². The average molecular weight is 231 g/mol. The van der Waals surface area contributed by atoms with Gasteiger partial charge in [-0.1, -0.05) is 0 Å². The molecular weight excluding hydrogens is 221 g/mol. The first kappa shape index (κ1) is 11.8. The van der Waals surface area contributed by atoms with Crippen LogP contribution < -0.4 is 0 Å². The first-order valence-corrected chi connectivity index (χ1v) is 5.70. The molecule has 0 unspecified atom stereocenters. The second kappa shape index (κ2) is 3.69. The van der Waals surface area contributed by atoms with E-state index >= 15 is 0 Å². The van der Waals surface area contributed by atoms with E-state index in [1.165, 1.54) is 0 Å². The van der Waals surface area contributed by atoms with Crippen LogP contribution in [0.2, 0.25) is 0 Å².